The molecule has 2 saturated heterocycles. The summed E-state index contributed by atoms with van der Waals surface area (Å²) >= 11 is 0. The van der Waals surface area contributed by atoms with Crippen molar-refractivity contribution >= 4 is 0 Å². The van der Waals surface area contributed by atoms with Crippen LogP contribution in [0.2, 0.25) is 0 Å². The number of unbranched alkanes of at least 4 members (excludes halogenated alkanes) is 1. The number of ether oxygens (including phenoxy) is 8. The number of benzene rings is 2. The van der Waals surface area contributed by atoms with Gasteiger partial charge in [-0.15, -0.1) is 0 Å². The van der Waals surface area contributed by atoms with Gasteiger partial charge in [-0.3, -0.25) is 0 Å². The van der Waals surface area contributed by atoms with Crippen LogP contribution in [0.25, 0.3) is 0 Å². The highest BCUT2D eigenvalue weighted by Crippen LogP contribution is 2.53. The van der Waals surface area contributed by atoms with E-state index in [4.69, 9.17) is 37.9 Å². The first-order chi connectivity index (χ1) is 25.5. The molecule has 8 heteroatoms. The third-order valence-electron chi connectivity index (χ3n) is 13.9. The summed E-state index contributed by atoms with van der Waals surface area (Å²) < 4.78 is 49.8. The highest BCUT2D eigenvalue weighted by atomic mass is 16.7. The lowest BCUT2D eigenvalue weighted by atomic mass is 9.63. The Morgan fingerprint density at radius 2 is 0.865 bits per heavy atom. The van der Waals surface area contributed by atoms with Crippen molar-refractivity contribution in [3.63, 3.8) is 0 Å². The first-order valence-corrected chi connectivity index (χ1v) is 20.7. The van der Waals surface area contributed by atoms with Gasteiger partial charge in [-0.25, -0.2) is 0 Å². The molecule has 0 bridgehead atoms. The maximum atomic E-state index is 6.63. The van der Waals surface area contributed by atoms with Crippen molar-refractivity contribution in [2.24, 2.45) is 0 Å². The Balaban J connectivity index is 1.02. The second-order valence-electron chi connectivity index (χ2n) is 16.8. The van der Waals surface area contributed by atoms with Crippen LogP contribution < -0.4 is 18.9 Å². The predicted octanol–water partition coefficient (Wildman–Crippen LogP) is 9.72. The Labute approximate surface area is 311 Å². The van der Waals surface area contributed by atoms with Gasteiger partial charge in [0.15, 0.2) is 34.6 Å². The van der Waals surface area contributed by atoms with E-state index in [1.165, 1.54) is 36.8 Å². The van der Waals surface area contributed by atoms with Crippen LogP contribution in [0.4, 0.5) is 0 Å². The highest BCUT2D eigenvalue weighted by Gasteiger charge is 2.49. The lowest BCUT2D eigenvalue weighted by Gasteiger charge is -2.46. The Bertz CT molecular complexity index is 1350. The molecule has 0 radical (unpaired) electrons. The first-order valence-electron chi connectivity index (χ1n) is 20.7. The SMILES string of the molecule is COc1ccc(C2(CCCCC3(c4ccc(OC)c(OC5CCCC5)c4)CCC4(CC3)OCCO4)CCC3(CC2)OCCO3)cc1OC1CCCC1. The van der Waals surface area contributed by atoms with E-state index >= 15 is 0 Å². The molecular weight excluding hydrogens is 656 g/mol. The van der Waals surface area contributed by atoms with Gasteiger partial charge in [0.05, 0.1) is 52.9 Å². The van der Waals surface area contributed by atoms with Crippen molar-refractivity contribution in [3.8, 4) is 23.0 Å². The lowest BCUT2D eigenvalue weighted by Crippen LogP contribution is -2.43. The minimum atomic E-state index is -0.404. The zero-order valence-electron chi connectivity index (χ0n) is 31.9. The van der Waals surface area contributed by atoms with Crippen LogP contribution in [0.5, 0.6) is 23.0 Å². The minimum Gasteiger partial charge on any atom is -0.493 e. The number of hydrogen-bond donors (Lipinski definition) is 0. The van der Waals surface area contributed by atoms with Crippen molar-refractivity contribution in [1.82, 2.24) is 0 Å². The predicted molar refractivity (Wildman–Crippen MR) is 200 cm³/mol. The van der Waals surface area contributed by atoms with Crippen molar-refractivity contribution in [3.05, 3.63) is 47.5 Å². The molecular formula is C44H62O8. The third-order valence-corrected chi connectivity index (χ3v) is 13.9. The lowest BCUT2D eigenvalue weighted by molar-refractivity contribution is -0.186. The van der Waals surface area contributed by atoms with E-state index in [1.54, 1.807) is 14.2 Å². The second kappa shape index (κ2) is 15.7. The smallest absolute Gasteiger partial charge is 0.168 e. The van der Waals surface area contributed by atoms with Crippen LogP contribution in [0.15, 0.2) is 36.4 Å². The van der Waals surface area contributed by atoms with Crippen molar-refractivity contribution < 1.29 is 37.9 Å². The molecule has 2 aromatic rings. The van der Waals surface area contributed by atoms with Crippen LogP contribution in [-0.4, -0.2) is 64.4 Å². The van der Waals surface area contributed by atoms with E-state index in [1.807, 2.05) is 0 Å². The topological polar surface area (TPSA) is 73.8 Å². The summed E-state index contributed by atoms with van der Waals surface area (Å²) in [7, 11) is 3.51. The average molecular weight is 719 g/mol. The fraction of sp³-hybridized carbons (Fsp3) is 0.727. The molecule has 2 aromatic carbocycles. The maximum absolute atomic E-state index is 6.63. The molecule has 2 heterocycles. The first kappa shape index (κ1) is 36.5. The van der Waals surface area contributed by atoms with E-state index in [-0.39, 0.29) is 23.0 Å². The quantitative estimate of drug-likeness (QED) is 0.190. The van der Waals surface area contributed by atoms with E-state index in [2.05, 4.69) is 36.4 Å². The van der Waals surface area contributed by atoms with E-state index in [0.29, 0.717) is 26.4 Å². The van der Waals surface area contributed by atoms with Crippen molar-refractivity contribution in [1.29, 1.82) is 0 Å². The van der Waals surface area contributed by atoms with Gasteiger partial charge in [0, 0.05) is 25.7 Å². The molecule has 4 saturated carbocycles. The van der Waals surface area contributed by atoms with Gasteiger partial charge in [-0.05, 0) is 136 Å². The largest absolute Gasteiger partial charge is 0.493 e. The van der Waals surface area contributed by atoms with Crippen LogP contribution in [0, 0.1) is 0 Å². The maximum Gasteiger partial charge on any atom is 0.168 e. The molecule has 2 aliphatic heterocycles. The van der Waals surface area contributed by atoms with Crippen molar-refractivity contribution in [2.45, 2.75) is 163 Å². The molecule has 52 heavy (non-hydrogen) atoms. The summed E-state index contributed by atoms with van der Waals surface area (Å²) in [6.45, 7) is 2.81. The molecule has 8 rings (SSSR count). The van der Waals surface area contributed by atoms with Gasteiger partial charge in [-0.1, -0.05) is 25.0 Å². The number of hydrogen-bond acceptors (Lipinski definition) is 8. The summed E-state index contributed by atoms with van der Waals surface area (Å²) in [5.41, 5.74) is 2.84. The monoisotopic (exact) mass is 718 g/mol. The molecule has 0 N–H and O–H groups in total. The molecule has 4 aliphatic carbocycles. The Morgan fingerprint density at radius 3 is 1.21 bits per heavy atom. The van der Waals surface area contributed by atoms with Crippen molar-refractivity contribution in [2.75, 3.05) is 40.6 Å². The number of methoxy groups -OCH3 is 2. The Kier molecular flexibility index (Phi) is 11.0. The van der Waals surface area contributed by atoms with Crippen LogP contribution >= 0.6 is 0 Å². The average Bonchev–Trinajstić information content (AvgIpc) is 4.03. The normalized spacial score (nSPS) is 27.0. The Hall–Kier alpha value is -2.52. The fourth-order valence-corrected chi connectivity index (χ4v) is 10.7. The molecule has 0 amide bonds. The molecule has 2 spiro atoms. The zero-order chi connectivity index (χ0) is 35.5. The van der Waals surface area contributed by atoms with Gasteiger partial charge in [0.25, 0.3) is 0 Å². The molecule has 6 aliphatic rings. The summed E-state index contributed by atoms with van der Waals surface area (Å²) in [4.78, 5) is 0. The van der Waals surface area contributed by atoms with Crippen LogP contribution in [0.3, 0.4) is 0 Å². The van der Waals surface area contributed by atoms with Gasteiger partial charge >= 0.3 is 0 Å². The molecule has 0 aromatic heterocycles. The summed E-state index contributed by atoms with van der Waals surface area (Å²) in [5.74, 6) is 2.67. The van der Waals surface area contributed by atoms with Gasteiger partial charge in [0.2, 0.25) is 0 Å². The molecule has 6 fully saturated rings. The number of rotatable bonds is 13. The summed E-state index contributed by atoms with van der Waals surface area (Å²) in [5, 5.41) is 0. The summed E-state index contributed by atoms with van der Waals surface area (Å²) in [6, 6.07) is 13.5. The minimum absolute atomic E-state index is 0.0400. The van der Waals surface area contributed by atoms with E-state index in [9.17, 15) is 0 Å². The molecule has 286 valence electrons. The summed E-state index contributed by atoms with van der Waals surface area (Å²) in [6.07, 6.45) is 22.5. The van der Waals surface area contributed by atoms with Gasteiger partial charge in [0.1, 0.15) is 0 Å². The standard InChI is InChI=1S/C44H62O8/c1-45-37-15-13-33(31-39(37)51-35-9-3-4-10-35)41(19-23-43(24-20-41)47-27-28-48-43)17-7-8-18-42(21-25-44(26-22-42)49-29-30-50-44)34-14-16-38(46-2)40(32-34)52-36-11-5-6-12-36/h13-16,31-32,35-36H,3-12,17-30H2,1-2H3. The van der Waals surface area contributed by atoms with Crippen LogP contribution in [0.1, 0.15) is 140 Å². The highest BCUT2D eigenvalue weighted by molar-refractivity contribution is 5.47. The van der Waals surface area contributed by atoms with Crippen LogP contribution in [-0.2, 0) is 29.8 Å². The van der Waals surface area contributed by atoms with Gasteiger partial charge in [-0.2, -0.15) is 0 Å². The third kappa shape index (κ3) is 7.56. The molecule has 8 nitrogen and oxygen atoms in total. The molecule has 0 atom stereocenters. The van der Waals surface area contributed by atoms with E-state index < -0.39 is 11.6 Å². The van der Waals surface area contributed by atoms with Gasteiger partial charge < -0.3 is 37.9 Å². The fourth-order valence-electron chi connectivity index (χ4n) is 10.7. The zero-order valence-corrected chi connectivity index (χ0v) is 31.9. The second-order valence-corrected chi connectivity index (χ2v) is 16.8. The van der Waals surface area contributed by atoms with E-state index in [0.717, 1.165) is 126 Å². The molecule has 0 unspecified atom stereocenters. The Morgan fingerprint density at radius 1 is 0.500 bits per heavy atom.